The molecule has 4 aromatic rings. The molecular weight excluding hydrogens is 406 g/mol. The van der Waals surface area contributed by atoms with Crippen molar-refractivity contribution in [3.05, 3.63) is 75.1 Å². The number of benzene rings is 2. The molecule has 5 nitrogen and oxygen atoms in total. The van der Waals surface area contributed by atoms with E-state index in [1.807, 2.05) is 36.4 Å². The number of fused-ring (bicyclic) bond motifs is 1. The Balaban J connectivity index is 1.65. The van der Waals surface area contributed by atoms with Crippen LogP contribution in [0.2, 0.25) is 5.02 Å². The van der Waals surface area contributed by atoms with Crippen LogP contribution in [0.4, 0.5) is 0 Å². The maximum atomic E-state index is 12.0. The summed E-state index contributed by atoms with van der Waals surface area (Å²) in [5.41, 5.74) is 3.29. The number of hydrogen-bond donors (Lipinski definition) is 0. The fourth-order valence-corrected chi connectivity index (χ4v) is 4.46. The zero-order valence-corrected chi connectivity index (χ0v) is 17.8. The first-order valence-electron chi connectivity index (χ1n) is 9.46. The van der Waals surface area contributed by atoms with Crippen molar-refractivity contribution in [1.82, 2.24) is 14.8 Å². The summed E-state index contributed by atoms with van der Waals surface area (Å²) in [6.07, 6.45) is 0.893. The highest BCUT2D eigenvalue weighted by Crippen LogP contribution is 2.29. The van der Waals surface area contributed by atoms with E-state index >= 15 is 0 Å². The molecule has 0 atom stereocenters. The monoisotopic (exact) mass is 425 g/mol. The quantitative estimate of drug-likeness (QED) is 0.298. The Morgan fingerprint density at radius 3 is 2.72 bits per heavy atom. The first-order chi connectivity index (χ1) is 14.1. The highest BCUT2D eigenvalue weighted by molar-refractivity contribution is 7.98. The number of aryl methyl sites for hydroxylation is 1. The van der Waals surface area contributed by atoms with Crippen LogP contribution in [-0.4, -0.2) is 14.8 Å². The van der Waals surface area contributed by atoms with Gasteiger partial charge < -0.3 is 8.98 Å². The number of halogens is 1. The van der Waals surface area contributed by atoms with Gasteiger partial charge in [-0.05, 0) is 42.7 Å². The lowest BCUT2D eigenvalue weighted by Gasteiger charge is -2.09. The Morgan fingerprint density at radius 1 is 1.10 bits per heavy atom. The van der Waals surface area contributed by atoms with Gasteiger partial charge in [-0.2, -0.15) is 0 Å². The lowest BCUT2D eigenvalue weighted by molar-refractivity contribution is 0.559. The Morgan fingerprint density at radius 2 is 1.97 bits per heavy atom. The van der Waals surface area contributed by atoms with Crippen molar-refractivity contribution in [3.63, 3.8) is 0 Å². The van der Waals surface area contributed by atoms with Gasteiger partial charge in [0.1, 0.15) is 5.58 Å². The molecule has 0 aliphatic rings. The minimum Gasteiger partial charge on any atom is -0.423 e. The van der Waals surface area contributed by atoms with Crippen LogP contribution in [0, 0.1) is 0 Å². The minimum absolute atomic E-state index is 0.335. The van der Waals surface area contributed by atoms with Crippen molar-refractivity contribution >= 4 is 34.3 Å². The molecule has 0 aliphatic heterocycles. The summed E-state index contributed by atoms with van der Waals surface area (Å²) in [6.45, 7) is 4.86. The summed E-state index contributed by atoms with van der Waals surface area (Å²) in [5, 5.41) is 11.1. The maximum Gasteiger partial charge on any atom is 0.336 e. The second kappa shape index (κ2) is 8.43. The second-order valence-corrected chi connectivity index (χ2v) is 8.00. The fourth-order valence-electron chi connectivity index (χ4n) is 3.28. The van der Waals surface area contributed by atoms with E-state index in [2.05, 4.69) is 34.7 Å². The van der Waals surface area contributed by atoms with Gasteiger partial charge in [-0.15, -0.1) is 10.2 Å². The van der Waals surface area contributed by atoms with Gasteiger partial charge in [0.05, 0.1) is 0 Å². The molecule has 0 N–H and O–H groups in total. The van der Waals surface area contributed by atoms with E-state index in [1.165, 1.54) is 0 Å². The molecule has 0 unspecified atom stereocenters. The Labute approximate surface area is 177 Å². The first-order valence-corrected chi connectivity index (χ1v) is 10.8. The van der Waals surface area contributed by atoms with E-state index < -0.39 is 0 Å². The van der Waals surface area contributed by atoms with Crippen LogP contribution in [0.25, 0.3) is 22.4 Å². The highest BCUT2D eigenvalue weighted by atomic mass is 35.5. The van der Waals surface area contributed by atoms with Crippen molar-refractivity contribution in [2.24, 2.45) is 0 Å². The molecule has 0 spiro atoms. The van der Waals surface area contributed by atoms with Gasteiger partial charge in [0.25, 0.3) is 0 Å². The van der Waals surface area contributed by atoms with Crippen LogP contribution in [0.3, 0.4) is 0 Å². The van der Waals surface area contributed by atoms with Gasteiger partial charge in [-0.1, -0.05) is 54.6 Å². The third-order valence-corrected chi connectivity index (χ3v) is 6.03. The predicted molar refractivity (Wildman–Crippen MR) is 118 cm³/mol. The Kier molecular flexibility index (Phi) is 5.74. The normalized spacial score (nSPS) is 11.3. The largest absolute Gasteiger partial charge is 0.423 e. The summed E-state index contributed by atoms with van der Waals surface area (Å²) in [5.74, 6) is 1.38. The standard InChI is InChI=1S/C22H20ClN3O2S/c1-3-14-8-9-18-16(12-20(27)28-19(18)10-14)13-29-22-25-24-21(26(22)4-2)15-6-5-7-17(23)11-15/h5-12H,3-4,13H2,1-2H3. The average molecular weight is 426 g/mol. The zero-order valence-electron chi connectivity index (χ0n) is 16.2. The minimum atomic E-state index is -0.335. The fraction of sp³-hybridized carbons (Fsp3) is 0.227. The van der Waals surface area contributed by atoms with Crippen molar-refractivity contribution in [1.29, 1.82) is 0 Å². The van der Waals surface area contributed by atoms with E-state index in [9.17, 15) is 4.79 Å². The molecule has 0 aliphatic carbocycles. The number of rotatable bonds is 6. The van der Waals surface area contributed by atoms with Gasteiger partial charge in [0, 0.05) is 34.3 Å². The molecule has 0 bridgehead atoms. The predicted octanol–water partition coefficient (Wildman–Crippen LogP) is 5.58. The van der Waals surface area contributed by atoms with E-state index in [1.54, 1.807) is 17.8 Å². The molecule has 0 fully saturated rings. The smallest absolute Gasteiger partial charge is 0.336 e. The molecule has 2 heterocycles. The average Bonchev–Trinajstić information content (AvgIpc) is 3.14. The molecular formula is C22H20ClN3O2S. The molecule has 0 radical (unpaired) electrons. The first kappa shape index (κ1) is 19.7. The van der Waals surface area contributed by atoms with Crippen LogP contribution in [0.5, 0.6) is 0 Å². The summed E-state index contributed by atoms with van der Waals surface area (Å²) < 4.78 is 7.46. The zero-order chi connectivity index (χ0) is 20.4. The number of thioether (sulfide) groups is 1. The number of nitrogens with zero attached hydrogens (tertiary/aromatic N) is 3. The van der Waals surface area contributed by atoms with Crippen molar-refractivity contribution in [2.45, 2.75) is 37.7 Å². The van der Waals surface area contributed by atoms with Gasteiger partial charge in [0.15, 0.2) is 11.0 Å². The van der Waals surface area contributed by atoms with Gasteiger partial charge in [0.2, 0.25) is 0 Å². The van der Waals surface area contributed by atoms with E-state index in [0.717, 1.165) is 46.0 Å². The third kappa shape index (κ3) is 4.09. The molecule has 2 aromatic heterocycles. The molecule has 0 saturated carbocycles. The molecule has 4 rings (SSSR count). The van der Waals surface area contributed by atoms with Crippen molar-refractivity contribution in [2.75, 3.05) is 0 Å². The second-order valence-electron chi connectivity index (χ2n) is 6.62. The lowest BCUT2D eigenvalue weighted by Crippen LogP contribution is -2.02. The number of aromatic nitrogens is 3. The van der Waals surface area contributed by atoms with Crippen LogP contribution < -0.4 is 5.63 Å². The summed E-state index contributed by atoms with van der Waals surface area (Å²) >= 11 is 7.68. The van der Waals surface area contributed by atoms with Gasteiger partial charge in [-0.25, -0.2) is 4.79 Å². The molecule has 7 heteroatoms. The SMILES string of the molecule is CCc1ccc2c(CSc3nnc(-c4cccc(Cl)c4)n3CC)cc(=O)oc2c1. The summed E-state index contributed by atoms with van der Waals surface area (Å²) in [6, 6.07) is 15.2. The van der Waals surface area contributed by atoms with Crippen molar-refractivity contribution in [3.8, 4) is 11.4 Å². The Bertz CT molecular complexity index is 1230. The van der Waals surface area contributed by atoms with Crippen LogP contribution in [-0.2, 0) is 18.7 Å². The topological polar surface area (TPSA) is 60.9 Å². The van der Waals surface area contributed by atoms with E-state index in [-0.39, 0.29) is 5.63 Å². The molecule has 2 aromatic carbocycles. The Hall–Kier alpha value is -2.57. The maximum absolute atomic E-state index is 12.0. The van der Waals surface area contributed by atoms with E-state index in [4.69, 9.17) is 16.0 Å². The van der Waals surface area contributed by atoms with Crippen LogP contribution >= 0.6 is 23.4 Å². The highest BCUT2D eigenvalue weighted by Gasteiger charge is 2.15. The molecule has 0 amide bonds. The summed E-state index contributed by atoms with van der Waals surface area (Å²) in [4.78, 5) is 12.0. The van der Waals surface area contributed by atoms with Gasteiger partial charge in [-0.3, -0.25) is 0 Å². The van der Waals surface area contributed by atoms with Gasteiger partial charge >= 0.3 is 5.63 Å². The van der Waals surface area contributed by atoms with E-state index in [0.29, 0.717) is 16.4 Å². The van der Waals surface area contributed by atoms with Crippen LogP contribution in [0.1, 0.15) is 25.0 Å². The lowest BCUT2D eigenvalue weighted by atomic mass is 10.1. The third-order valence-electron chi connectivity index (χ3n) is 4.78. The van der Waals surface area contributed by atoms with Crippen LogP contribution in [0.15, 0.2) is 62.9 Å². The van der Waals surface area contributed by atoms with Crippen molar-refractivity contribution < 1.29 is 4.42 Å². The molecule has 0 saturated heterocycles. The number of hydrogen-bond acceptors (Lipinski definition) is 5. The molecule has 148 valence electrons. The molecule has 29 heavy (non-hydrogen) atoms. The summed E-state index contributed by atoms with van der Waals surface area (Å²) in [7, 11) is 0.